The van der Waals surface area contributed by atoms with Gasteiger partial charge in [-0.3, -0.25) is 0 Å². The second-order valence-corrected chi connectivity index (χ2v) is 21.7. The second-order valence-electron chi connectivity index (χ2n) is 21.7. The van der Waals surface area contributed by atoms with E-state index >= 15 is 0 Å². The number of fused-ring (bicyclic) bond motifs is 14. The Morgan fingerprint density at radius 3 is 1.19 bits per heavy atom. The van der Waals surface area contributed by atoms with Crippen molar-refractivity contribution in [3.05, 3.63) is 192 Å². The molecular formula is C68H56N2O2. The van der Waals surface area contributed by atoms with Crippen LogP contribution in [0.2, 0.25) is 0 Å². The fraction of sp³-hybridized carbons (Fsp3) is 0.176. The first-order valence-corrected chi connectivity index (χ1v) is 25.9. The summed E-state index contributed by atoms with van der Waals surface area (Å²) < 4.78 is 19.0. The summed E-state index contributed by atoms with van der Waals surface area (Å²) in [5.74, 6) is 1.79. The number of benzene rings is 10. The summed E-state index contributed by atoms with van der Waals surface area (Å²) in [5, 5.41) is 14.1. The van der Waals surface area contributed by atoms with Crippen molar-refractivity contribution in [2.45, 2.75) is 79.1 Å². The van der Waals surface area contributed by atoms with Crippen LogP contribution in [0.15, 0.2) is 179 Å². The number of nitrogens with zero attached hydrogens (tertiary/aromatic N) is 2. The zero-order chi connectivity index (χ0) is 48.8. The molecule has 4 nitrogen and oxygen atoms in total. The molecule has 14 aromatic rings. The van der Waals surface area contributed by atoms with Crippen LogP contribution < -0.4 is 0 Å². The van der Waals surface area contributed by atoms with Crippen LogP contribution >= 0.6 is 0 Å². The molecule has 0 saturated heterocycles. The van der Waals surface area contributed by atoms with Gasteiger partial charge in [0.1, 0.15) is 22.3 Å². The molecule has 0 unspecified atom stereocenters. The van der Waals surface area contributed by atoms with Crippen LogP contribution in [0.4, 0.5) is 0 Å². The molecule has 0 atom stereocenters. The monoisotopic (exact) mass is 932 g/mol. The largest absolute Gasteiger partial charge is 0.456 e. The molecule has 0 fully saturated rings. The van der Waals surface area contributed by atoms with E-state index in [9.17, 15) is 0 Å². The minimum Gasteiger partial charge on any atom is -0.456 e. The van der Waals surface area contributed by atoms with Gasteiger partial charge in [0.25, 0.3) is 0 Å². The predicted molar refractivity (Wildman–Crippen MR) is 306 cm³/mol. The van der Waals surface area contributed by atoms with Crippen LogP contribution in [0, 0.1) is 0 Å². The van der Waals surface area contributed by atoms with Crippen molar-refractivity contribution in [3.8, 4) is 22.5 Å². The maximum absolute atomic E-state index is 7.12. The van der Waals surface area contributed by atoms with Crippen LogP contribution in [0.5, 0.6) is 0 Å². The zero-order valence-corrected chi connectivity index (χ0v) is 42.2. The molecule has 72 heavy (non-hydrogen) atoms. The quantitative estimate of drug-likeness (QED) is 0.160. The van der Waals surface area contributed by atoms with E-state index < -0.39 is 0 Å². The van der Waals surface area contributed by atoms with Gasteiger partial charge in [-0.05, 0) is 176 Å². The second kappa shape index (κ2) is 15.7. The first-order chi connectivity index (χ1) is 34.9. The van der Waals surface area contributed by atoms with Crippen LogP contribution in [0.25, 0.3) is 132 Å². The van der Waals surface area contributed by atoms with E-state index in [1.165, 1.54) is 65.9 Å². The lowest BCUT2D eigenvalue weighted by Gasteiger charge is -2.11. The molecule has 4 heterocycles. The van der Waals surface area contributed by atoms with Crippen molar-refractivity contribution in [2.75, 3.05) is 0 Å². The van der Waals surface area contributed by atoms with Gasteiger partial charge >= 0.3 is 0 Å². The fourth-order valence-corrected chi connectivity index (χ4v) is 11.9. The molecule has 0 aliphatic heterocycles. The molecule has 4 heteroatoms. The van der Waals surface area contributed by atoms with Crippen molar-refractivity contribution in [2.24, 2.45) is 0 Å². The number of hydrogen-bond donors (Lipinski definition) is 0. The van der Waals surface area contributed by atoms with Gasteiger partial charge in [-0.25, -0.2) is 0 Å². The molecule has 0 spiro atoms. The van der Waals surface area contributed by atoms with Crippen molar-refractivity contribution in [3.63, 3.8) is 0 Å². The standard InChI is InChI=1S/C68H56N2O2/c1-37(2)42-16-22-59-52(28-42)53-29-43(38(3)4)17-23-60(53)69(59)50-20-14-46-32-56-57-36-65-67(66(41-12-10-9-11-13-41)68(57)72-63(56)34-48(46)26-50)58-33-47-15-21-51(27-49(47)35-64(58)71-65)70-61-24-18-44(39(5)6)30-54(61)55-31-45(40(7)8)19-25-62(55)70/h9-40H,1-8H3. The van der Waals surface area contributed by atoms with Crippen molar-refractivity contribution < 1.29 is 8.83 Å². The third-order valence-electron chi connectivity index (χ3n) is 16.0. The van der Waals surface area contributed by atoms with E-state index in [0.717, 1.165) is 87.9 Å². The molecule has 0 aliphatic rings. The van der Waals surface area contributed by atoms with Crippen molar-refractivity contribution in [1.82, 2.24) is 9.13 Å². The Morgan fingerprint density at radius 1 is 0.319 bits per heavy atom. The fourth-order valence-electron chi connectivity index (χ4n) is 11.9. The Hall–Kier alpha value is -8.08. The van der Waals surface area contributed by atoms with E-state index in [4.69, 9.17) is 8.83 Å². The molecule has 0 aliphatic carbocycles. The summed E-state index contributed by atoms with van der Waals surface area (Å²) in [6.07, 6.45) is 0. The lowest BCUT2D eigenvalue weighted by molar-refractivity contribution is 0.665. The van der Waals surface area contributed by atoms with E-state index in [1.807, 2.05) is 0 Å². The van der Waals surface area contributed by atoms with Crippen molar-refractivity contribution in [1.29, 1.82) is 0 Å². The SMILES string of the molecule is CC(C)c1ccc2c(c1)c1cc(C(C)C)ccc1n2-c1ccc2cc3c(cc2c1)oc1c(-c2ccccc2)c2c(cc13)oc1cc3cc(-n4c5ccc(C(C)C)cc5c5cc(C(C)C)ccc54)ccc3cc12. The number of rotatable bonds is 7. The third-order valence-corrected chi connectivity index (χ3v) is 16.0. The molecule has 0 N–H and O–H groups in total. The van der Waals surface area contributed by atoms with Gasteiger partial charge in [-0.2, -0.15) is 0 Å². The third kappa shape index (κ3) is 6.37. The highest BCUT2D eigenvalue weighted by Crippen LogP contribution is 2.47. The van der Waals surface area contributed by atoms with E-state index in [0.29, 0.717) is 23.7 Å². The molecule has 0 bridgehead atoms. The number of aromatic nitrogens is 2. The minimum atomic E-state index is 0.447. The highest BCUT2D eigenvalue weighted by Gasteiger charge is 2.24. The van der Waals surface area contributed by atoms with E-state index in [1.54, 1.807) is 0 Å². The predicted octanol–water partition coefficient (Wildman–Crippen LogP) is 20.1. The minimum absolute atomic E-state index is 0.447. The van der Waals surface area contributed by atoms with Gasteiger partial charge < -0.3 is 18.0 Å². The summed E-state index contributed by atoms with van der Waals surface area (Å²) in [5.41, 5.74) is 18.2. The van der Waals surface area contributed by atoms with Crippen molar-refractivity contribution >= 4 is 109 Å². The maximum atomic E-state index is 7.12. The van der Waals surface area contributed by atoms with Crippen LogP contribution in [0.3, 0.4) is 0 Å². The van der Waals surface area contributed by atoms with Crippen LogP contribution in [-0.4, -0.2) is 9.13 Å². The zero-order valence-electron chi connectivity index (χ0n) is 42.2. The Kier molecular flexibility index (Phi) is 9.33. The average Bonchev–Trinajstić information content (AvgIpc) is 4.12. The number of hydrogen-bond acceptors (Lipinski definition) is 2. The molecule has 350 valence electrons. The summed E-state index contributed by atoms with van der Waals surface area (Å²) in [6, 6.07) is 63.8. The summed E-state index contributed by atoms with van der Waals surface area (Å²) in [7, 11) is 0. The molecule has 0 radical (unpaired) electrons. The maximum Gasteiger partial charge on any atom is 0.144 e. The molecule has 0 saturated carbocycles. The molecule has 14 rings (SSSR count). The first kappa shape index (κ1) is 42.8. The Labute approximate surface area is 418 Å². The topological polar surface area (TPSA) is 36.1 Å². The van der Waals surface area contributed by atoms with Gasteiger partial charge in [-0.15, -0.1) is 0 Å². The van der Waals surface area contributed by atoms with Gasteiger partial charge in [-0.1, -0.05) is 122 Å². The summed E-state index contributed by atoms with van der Waals surface area (Å²) >= 11 is 0. The smallest absolute Gasteiger partial charge is 0.144 e. The average molecular weight is 933 g/mol. The van der Waals surface area contributed by atoms with Gasteiger partial charge in [0.15, 0.2) is 0 Å². The van der Waals surface area contributed by atoms with E-state index in [-0.39, 0.29) is 0 Å². The lowest BCUT2D eigenvalue weighted by Crippen LogP contribution is -1.95. The molecule has 4 aromatic heterocycles. The first-order valence-electron chi connectivity index (χ1n) is 25.9. The Morgan fingerprint density at radius 2 is 0.750 bits per heavy atom. The van der Waals surface area contributed by atoms with Gasteiger partial charge in [0, 0.05) is 60.0 Å². The van der Waals surface area contributed by atoms with Crippen LogP contribution in [-0.2, 0) is 0 Å². The molecule has 10 aromatic carbocycles. The highest BCUT2D eigenvalue weighted by atomic mass is 16.3. The Balaban J connectivity index is 0.939. The van der Waals surface area contributed by atoms with E-state index in [2.05, 4.69) is 234 Å². The highest BCUT2D eigenvalue weighted by molar-refractivity contribution is 6.25. The summed E-state index contributed by atoms with van der Waals surface area (Å²) in [6.45, 7) is 18.2. The summed E-state index contributed by atoms with van der Waals surface area (Å²) in [4.78, 5) is 0. The number of furan rings is 2. The van der Waals surface area contributed by atoms with Gasteiger partial charge in [0.05, 0.1) is 22.1 Å². The van der Waals surface area contributed by atoms with Crippen LogP contribution in [0.1, 0.15) is 101 Å². The Bertz CT molecular complexity index is 4280. The normalized spacial score (nSPS) is 12.7. The molecular weight excluding hydrogens is 877 g/mol. The van der Waals surface area contributed by atoms with Gasteiger partial charge in [0.2, 0.25) is 0 Å². The lowest BCUT2D eigenvalue weighted by atomic mass is 9.95. The molecule has 0 amide bonds.